The van der Waals surface area contributed by atoms with Crippen LogP contribution in [0.5, 0.6) is 0 Å². The molecular weight excluding hydrogens is 248 g/mol. The van der Waals surface area contributed by atoms with Gasteiger partial charge >= 0.3 is 0 Å². The average Bonchev–Trinajstić information content (AvgIpc) is 2.70. The number of rotatable bonds is 4. The number of nitrogens with zero attached hydrogens (tertiary/aromatic N) is 1. The summed E-state index contributed by atoms with van der Waals surface area (Å²) in [5.41, 5.74) is 7.72. The first kappa shape index (κ1) is 13.0. The van der Waals surface area contributed by atoms with E-state index < -0.39 is 0 Å². The van der Waals surface area contributed by atoms with Crippen molar-refractivity contribution >= 4 is 17.4 Å². The Kier molecular flexibility index (Phi) is 3.92. The molecule has 1 atom stereocenters. The fourth-order valence-corrected chi connectivity index (χ4v) is 2.08. The highest BCUT2D eigenvalue weighted by Gasteiger charge is 2.17. The summed E-state index contributed by atoms with van der Waals surface area (Å²) in [6.07, 6.45) is 1.93. The van der Waals surface area contributed by atoms with Crippen molar-refractivity contribution in [2.45, 2.75) is 26.7 Å². The second kappa shape index (κ2) is 5.44. The van der Waals surface area contributed by atoms with Gasteiger partial charge in [0.1, 0.15) is 5.76 Å². The fraction of sp³-hybridized carbons (Fsp3) is 0.357. The third-order valence-electron chi connectivity index (χ3n) is 3.13. The molecule has 3 nitrogen and oxygen atoms in total. The van der Waals surface area contributed by atoms with E-state index in [4.69, 9.17) is 21.9 Å². The van der Waals surface area contributed by atoms with Crippen molar-refractivity contribution in [3.8, 4) is 11.1 Å². The van der Waals surface area contributed by atoms with Gasteiger partial charge in [0, 0.05) is 11.4 Å². The van der Waals surface area contributed by atoms with Crippen molar-refractivity contribution in [2.24, 2.45) is 5.92 Å². The molecule has 96 valence electrons. The second-order valence-electron chi connectivity index (χ2n) is 4.59. The maximum absolute atomic E-state index is 6.01. The molecule has 0 spiro atoms. The van der Waals surface area contributed by atoms with Crippen molar-refractivity contribution in [1.82, 2.24) is 5.16 Å². The van der Waals surface area contributed by atoms with Crippen LogP contribution in [0.1, 0.15) is 26.0 Å². The van der Waals surface area contributed by atoms with Crippen molar-refractivity contribution in [2.75, 3.05) is 5.73 Å². The SMILES string of the molecule is CCC(C)Cc1onc(N)c1-c1cccc(Cl)c1. The minimum absolute atomic E-state index is 0.426. The molecule has 0 saturated carbocycles. The molecule has 0 aliphatic heterocycles. The van der Waals surface area contributed by atoms with E-state index in [2.05, 4.69) is 19.0 Å². The highest BCUT2D eigenvalue weighted by molar-refractivity contribution is 6.30. The lowest BCUT2D eigenvalue weighted by Gasteiger charge is -2.07. The van der Waals surface area contributed by atoms with Crippen LogP contribution in [0.4, 0.5) is 5.82 Å². The predicted octanol–water partition coefficient (Wildman–Crippen LogP) is 4.17. The lowest BCUT2D eigenvalue weighted by molar-refractivity contribution is 0.364. The quantitative estimate of drug-likeness (QED) is 0.902. The Bertz CT molecular complexity index is 536. The Morgan fingerprint density at radius 3 is 2.89 bits per heavy atom. The summed E-state index contributed by atoms with van der Waals surface area (Å²) in [5.74, 6) is 1.80. The van der Waals surface area contributed by atoms with Crippen LogP contribution < -0.4 is 5.73 Å². The minimum atomic E-state index is 0.426. The molecule has 1 unspecified atom stereocenters. The maximum atomic E-state index is 6.01. The molecule has 0 amide bonds. The van der Waals surface area contributed by atoms with E-state index in [9.17, 15) is 0 Å². The average molecular weight is 265 g/mol. The molecule has 2 aromatic rings. The van der Waals surface area contributed by atoms with Crippen LogP contribution in [0.15, 0.2) is 28.8 Å². The lowest BCUT2D eigenvalue weighted by atomic mass is 9.98. The molecule has 18 heavy (non-hydrogen) atoms. The Labute approximate surface area is 112 Å². The molecule has 1 aromatic carbocycles. The van der Waals surface area contributed by atoms with Gasteiger partial charge in [-0.2, -0.15) is 0 Å². The predicted molar refractivity (Wildman–Crippen MR) is 74.5 cm³/mol. The zero-order valence-electron chi connectivity index (χ0n) is 10.6. The molecule has 1 heterocycles. The van der Waals surface area contributed by atoms with Crippen molar-refractivity contribution < 1.29 is 4.52 Å². The normalized spacial score (nSPS) is 12.6. The third-order valence-corrected chi connectivity index (χ3v) is 3.37. The van der Waals surface area contributed by atoms with Crippen molar-refractivity contribution in [1.29, 1.82) is 0 Å². The summed E-state index contributed by atoms with van der Waals surface area (Å²) >= 11 is 6.01. The van der Waals surface area contributed by atoms with Crippen LogP contribution in [0, 0.1) is 5.92 Å². The molecule has 4 heteroatoms. The Balaban J connectivity index is 2.40. The number of nitrogen functional groups attached to an aromatic ring is 1. The van der Waals surface area contributed by atoms with Crippen LogP contribution >= 0.6 is 11.6 Å². The summed E-state index contributed by atoms with van der Waals surface area (Å²) in [6, 6.07) is 7.58. The number of nitrogens with two attached hydrogens (primary N) is 1. The zero-order valence-corrected chi connectivity index (χ0v) is 11.4. The Morgan fingerprint density at radius 1 is 1.44 bits per heavy atom. The van der Waals surface area contributed by atoms with E-state index in [1.54, 1.807) is 0 Å². The molecular formula is C14H17ClN2O. The molecule has 0 bridgehead atoms. The molecule has 0 aliphatic carbocycles. The summed E-state index contributed by atoms with van der Waals surface area (Å²) in [6.45, 7) is 4.34. The van der Waals surface area contributed by atoms with Crippen LogP contribution in [0.2, 0.25) is 5.02 Å². The van der Waals surface area contributed by atoms with Crippen LogP contribution in [-0.4, -0.2) is 5.16 Å². The first-order chi connectivity index (χ1) is 8.61. The van der Waals surface area contributed by atoms with E-state index in [0.29, 0.717) is 16.8 Å². The number of hydrogen-bond donors (Lipinski definition) is 1. The Hall–Kier alpha value is -1.48. The fourth-order valence-electron chi connectivity index (χ4n) is 1.89. The van der Waals surface area contributed by atoms with Gasteiger partial charge in [0.05, 0.1) is 5.56 Å². The van der Waals surface area contributed by atoms with Gasteiger partial charge in [-0.1, -0.05) is 49.2 Å². The number of halogens is 1. The van der Waals surface area contributed by atoms with Gasteiger partial charge in [-0.25, -0.2) is 0 Å². The number of aromatic nitrogens is 1. The van der Waals surface area contributed by atoms with Gasteiger partial charge in [-0.05, 0) is 23.6 Å². The highest BCUT2D eigenvalue weighted by Crippen LogP contribution is 2.32. The molecule has 0 radical (unpaired) electrons. The van der Waals surface area contributed by atoms with Gasteiger partial charge in [-0.15, -0.1) is 0 Å². The smallest absolute Gasteiger partial charge is 0.175 e. The summed E-state index contributed by atoms with van der Waals surface area (Å²) < 4.78 is 5.34. The van der Waals surface area contributed by atoms with E-state index in [0.717, 1.165) is 29.7 Å². The molecule has 2 rings (SSSR count). The number of hydrogen-bond acceptors (Lipinski definition) is 3. The summed E-state index contributed by atoms with van der Waals surface area (Å²) in [7, 11) is 0. The molecule has 1 aromatic heterocycles. The minimum Gasteiger partial charge on any atom is -0.380 e. The number of anilines is 1. The topological polar surface area (TPSA) is 52.0 Å². The molecule has 0 saturated heterocycles. The lowest BCUT2D eigenvalue weighted by Crippen LogP contribution is -1.98. The first-order valence-electron chi connectivity index (χ1n) is 6.11. The summed E-state index contributed by atoms with van der Waals surface area (Å²) in [4.78, 5) is 0. The monoisotopic (exact) mass is 264 g/mol. The molecule has 0 aliphatic rings. The van der Waals surface area contributed by atoms with Crippen LogP contribution in [-0.2, 0) is 6.42 Å². The highest BCUT2D eigenvalue weighted by atomic mass is 35.5. The van der Waals surface area contributed by atoms with Gasteiger partial charge in [0.2, 0.25) is 0 Å². The van der Waals surface area contributed by atoms with Crippen LogP contribution in [0.3, 0.4) is 0 Å². The number of benzene rings is 1. The zero-order chi connectivity index (χ0) is 13.1. The third kappa shape index (κ3) is 2.67. The van der Waals surface area contributed by atoms with Crippen LogP contribution in [0.25, 0.3) is 11.1 Å². The molecule has 2 N–H and O–H groups in total. The van der Waals surface area contributed by atoms with E-state index in [-0.39, 0.29) is 0 Å². The van der Waals surface area contributed by atoms with E-state index >= 15 is 0 Å². The van der Waals surface area contributed by atoms with Gasteiger partial charge < -0.3 is 10.3 Å². The first-order valence-corrected chi connectivity index (χ1v) is 6.49. The standard InChI is InChI=1S/C14H17ClN2O/c1-3-9(2)7-12-13(14(16)17-18-12)10-5-4-6-11(15)8-10/h4-6,8-9H,3,7H2,1-2H3,(H2,16,17). The van der Waals surface area contributed by atoms with Crippen molar-refractivity contribution in [3.05, 3.63) is 35.0 Å². The molecule has 0 fully saturated rings. The maximum Gasteiger partial charge on any atom is 0.175 e. The summed E-state index contributed by atoms with van der Waals surface area (Å²) in [5, 5.41) is 4.55. The van der Waals surface area contributed by atoms with Gasteiger partial charge in [0.25, 0.3) is 0 Å². The van der Waals surface area contributed by atoms with E-state index in [1.807, 2.05) is 24.3 Å². The Morgan fingerprint density at radius 2 is 2.22 bits per heavy atom. The second-order valence-corrected chi connectivity index (χ2v) is 5.03. The van der Waals surface area contributed by atoms with Gasteiger partial charge in [-0.3, -0.25) is 0 Å². The van der Waals surface area contributed by atoms with E-state index in [1.165, 1.54) is 0 Å². The van der Waals surface area contributed by atoms with Gasteiger partial charge in [0.15, 0.2) is 5.82 Å². The largest absolute Gasteiger partial charge is 0.380 e. The van der Waals surface area contributed by atoms with Crippen molar-refractivity contribution in [3.63, 3.8) is 0 Å².